The first-order valence-electron chi connectivity index (χ1n) is 11.2. The van der Waals surface area contributed by atoms with Crippen LogP contribution in [-0.2, 0) is 33.3 Å². The van der Waals surface area contributed by atoms with E-state index >= 15 is 0 Å². The van der Waals surface area contributed by atoms with Crippen LogP contribution in [0.3, 0.4) is 0 Å². The summed E-state index contributed by atoms with van der Waals surface area (Å²) in [6.07, 6.45) is -1.71. The monoisotopic (exact) mass is 512 g/mol. The van der Waals surface area contributed by atoms with Crippen LogP contribution in [0.2, 0.25) is 0 Å². The first-order valence-corrected chi connectivity index (χ1v) is 11.2. The third-order valence-electron chi connectivity index (χ3n) is 5.52. The molecule has 0 spiro atoms. The molecule has 0 radical (unpaired) electrons. The lowest BCUT2D eigenvalue weighted by molar-refractivity contribution is -0.166. The molecule has 0 amide bonds. The van der Waals surface area contributed by atoms with Crippen LogP contribution in [0.25, 0.3) is 11.2 Å². The Morgan fingerprint density at radius 2 is 1.70 bits per heavy atom. The Labute approximate surface area is 210 Å². The van der Waals surface area contributed by atoms with Gasteiger partial charge in [-0.25, -0.2) is 15.0 Å². The predicted molar refractivity (Wildman–Crippen MR) is 123 cm³/mol. The summed E-state index contributed by atoms with van der Waals surface area (Å²) in [5, 5.41) is 0. The maximum atomic E-state index is 13.2. The van der Waals surface area contributed by atoms with Crippen LogP contribution >= 0.6 is 0 Å². The van der Waals surface area contributed by atoms with Crippen LogP contribution in [0, 0.1) is 0 Å². The van der Waals surface area contributed by atoms with Gasteiger partial charge in [0.25, 0.3) is 0 Å². The third-order valence-corrected chi connectivity index (χ3v) is 5.52. The van der Waals surface area contributed by atoms with Crippen molar-refractivity contribution < 1.29 is 42.9 Å². The minimum absolute atomic E-state index is 0.0343. The molecule has 1 fully saturated rings. The van der Waals surface area contributed by atoms with Gasteiger partial charge in [-0.3, -0.25) is 23.7 Å². The molecule has 1 aliphatic heterocycles. The maximum Gasteiger partial charge on any atom is 0.303 e. The summed E-state index contributed by atoms with van der Waals surface area (Å²) in [4.78, 5) is 61.1. The quantitative estimate of drug-likeness (QED) is 0.243. The van der Waals surface area contributed by atoms with E-state index in [1.807, 2.05) is 0 Å². The van der Waals surface area contributed by atoms with Crippen LogP contribution in [0.15, 0.2) is 36.9 Å². The molecule has 4 rings (SSSR count). The Hall–Kier alpha value is -4.39. The molecule has 37 heavy (non-hydrogen) atoms. The molecule has 0 unspecified atom stereocenters. The van der Waals surface area contributed by atoms with Crippen molar-refractivity contribution in [2.24, 2.45) is 0 Å². The summed E-state index contributed by atoms with van der Waals surface area (Å²) >= 11 is 0. The number of ether oxygens (including phenoxy) is 5. The average Bonchev–Trinajstić information content (AvgIpc) is 3.43. The number of hydrogen-bond donors (Lipinski definition) is 0. The highest BCUT2D eigenvalue weighted by molar-refractivity contribution is 6.13. The second-order valence-electron chi connectivity index (χ2n) is 8.12. The molecule has 0 N–H and O–H groups in total. The second-order valence-corrected chi connectivity index (χ2v) is 8.12. The van der Waals surface area contributed by atoms with Crippen molar-refractivity contribution in [3.8, 4) is 5.75 Å². The molecule has 1 aliphatic rings. The number of nitrogens with zero attached hydrogens (tertiary/aromatic N) is 4. The summed E-state index contributed by atoms with van der Waals surface area (Å²) < 4.78 is 28.6. The molecule has 0 saturated carbocycles. The summed E-state index contributed by atoms with van der Waals surface area (Å²) in [5.41, 5.74) is 0.748. The number of carbonyl (C=O) groups is 4. The van der Waals surface area contributed by atoms with Crippen LogP contribution in [0.4, 0.5) is 0 Å². The van der Waals surface area contributed by atoms with Crippen LogP contribution in [0.5, 0.6) is 5.75 Å². The largest absolute Gasteiger partial charge is 0.497 e. The molecule has 1 saturated heterocycles. The Kier molecular flexibility index (Phi) is 7.43. The number of fused-ring (bicyclic) bond motifs is 1. The zero-order valence-corrected chi connectivity index (χ0v) is 20.4. The van der Waals surface area contributed by atoms with E-state index in [4.69, 9.17) is 23.7 Å². The van der Waals surface area contributed by atoms with Crippen molar-refractivity contribution in [3.63, 3.8) is 0 Å². The number of ketones is 1. The molecule has 194 valence electrons. The van der Waals surface area contributed by atoms with E-state index in [1.165, 1.54) is 45.1 Å². The van der Waals surface area contributed by atoms with Gasteiger partial charge < -0.3 is 23.7 Å². The first-order chi connectivity index (χ1) is 17.7. The number of benzene rings is 1. The van der Waals surface area contributed by atoms with Gasteiger partial charge in [0, 0.05) is 26.3 Å². The minimum atomic E-state index is -1.13. The van der Waals surface area contributed by atoms with E-state index in [2.05, 4.69) is 15.0 Å². The molecule has 3 heterocycles. The highest BCUT2D eigenvalue weighted by Gasteiger charge is 2.51. The van der Waals surface area contributed by atoms with Crippen LogP contribution in [-0.4, -0.2) is 75.2 Å². The van der Waals surface area contributed by atoms with E-state index in [-0.39, 0.29) is 23.5 Å². The lowest BCUT2D eigenvalue weighted by atomic mass is 10.1. The molecule has 0 bridgehead atoms. The van der Waals surface area contributed by atoms with Gasteiger partial charge in [-0.05, 0) is 12.1 Å². The van der Waals surface area contributed by atoms with Gasteiger partial charge >= 0.3 is 17.9 Å². The Morgan fingerprint density at radius 3 is 2.38 bits per heavy atom. The topological polar surface area (TPSA) is 158 Å². The van der Waals surface area contributed by atoms with Crippen LogP contribution < -0.4 is 4.74 Å². The molecule has 3 aromatic rings. The zero-order valence-electron chi connectivity index (χ0n) is 20.4. The van der Waals surface area contributed by atoms with Crippen molar-refractivity contribution in [3.05, 3.63) is 48.2 Å². The maximum absolute atomic E-state index is 13.2. The minimum Gasteiger partial charge on any atom is -0.497 e. The second kappa shape index (κ2) is 10.7. The molecule has 0 aliphatic carbocycles. The van der Waals surface area contributed by atoms with E-state index in [0.717, 1.165) is 0 Å². The Bertz CT molecular complexity index is 1350. The molecule has 13 heteroatoms. The SMILES string of the molecule is COc1cccc(C(=O)c2ncnc3c2ncn3[C@@H]2O[C@H](COC(C)=O)[C@@H](OC(C)=O)[C@H]2OC(C)=O)c1. The zero-order chi connectivity index (χ0) is 26.7. The van der Waals surface area contributed by atoms with Gasteiger partial charge in [-0.2, -0.15) is 0 Å². The van der Waals surface area contributed by atoms with E-state index in [0.29, 0.717) is 11.3 Å². The van der Waals surface area contributed by atoms with Gasteiger partial charge in [0.1, 0.15) is 36.0 Å². The van der Waals surface area contributed by atoms with Crippen molar-refractivity contribution >= 4 is 34.9 Å². The lowest BCUT2D eigenvalue weighted by Crippen LogP contribution is -2.40. The lowest BCUT2D eigenvalue weighted by Gasteiger charge is -2.23. The van der Waals surface area contributed by atoms with Crippen molar-refractivity contribution in [1.29, 1.82) is 0 Å². The number of methoxy groups -OCH3 is 1. The van der Waals surface area contributed by atoms with Gasteiger partial charge in [0.15, 0.2) is 24.1 Å². The fraction of sp³-hybridized carbons (Fsp3) is 0.375. The van der Waals surface area contributed by atoms with E-state index < -0.39 is 48.2 Å². The van der Waals surface area contributed by atoms with Crippen molar-refractivity contribution in [2.75, 3.05) is 13.7 Å². The van der Waals surface area contributed by atoms with Crippen molar-refractivity contribution in [2.45, 2.75) is 45.3 Å². The fourth-order valence-electron chi connectivity index (χ4n) is 4.02. The number of esters is 3. The highest BCUT2D eigenvalue weighted by atomic mass is 16.7. The molecule has 1 aromatic carbocycles. The summed E-state index contributed by atoms with van der Waals surface area (Å²) in [5.74, 6) is -1.79. The van der Waals surface area contributed by atoms with Crippen molar-refractivity contribution in [1.82, 2.24) is 19.5 Å². The highest BCUT2D eigenvalue weighted by Crippen LogP contribution is 2.36. The smallest absolute Gasteiger partial charge is 0.303 e. The molecule has 13 nitrogen and oxygen atoms in total. The van der Waals surface area contributed by atoms with Gasteiger partial charge in [0.05, 0.1) is 13.4 Å². The molecule has 2 aromatic heterocycles. The van der Waals surface area contributed by atoms with Gasteiger partial charge in [0.2, 0.25) is 5.78 Å². The fourth-order valence-corrected chi connectivity index (χ4v) is 4.02. The number of hydrogen-bond acceptors (Lipinski definition) is 12. The molecular weight excluding hydrogens is 488 g/mol. The predicted octanol–water partition coefficient (Wildman–Crippen LogP) is 1.39. The summed E-state index contributed by atoms with van der Waals surface area (Å²) in [6.45, 7) is 3.35. The van der Waals surface area contributed by atoms with Gasteiger partial charge in [-0.15, -0.1) is 0 Å². The number of carbonyl (C=O) groups excluding carboxylic acids is 4. The summed E-state index contributed by atoms with van der Waals surface area (Å²) in [7, 11) is 1.49. The molecule has 4 atom stereocenters. The number of aromatic nitrogens is 4. The normalized spacial score (nSPS) is 20.9. The number of imidazole rings is 1. The number of rotatable bonds is 8. The first kappa shape index (κ1) is 25.7. The van der Waals surface area contributed by atoms with Crippen LogP contribution in [0.1, 0.15) is 43.1 Å². The molecular formula is C24H24N4O9. The Balaban J connectivity index is 1.74. The van der Waals surface area contributed by atoms with Gasteiger partial charge in [-0.1, -0.05) is 12.1 Å². The standard InChI is InChI=1S/C24H24N4O9/c1-12(29)34-9-17-21(35-13(2)30)22(36-14(3)31)24(37-17)28-11-27-19-18(25-10-26-23(19)28)20(32)15-6-5-7-16(8-15)33-4/h5-8,10-11,17,21-22,24H,9H2,1-4H3/t17-,21-,22-,24-/m1/s1. The van der Waals surface area contributed by atoms with E-state index in [1.54, 1.807) is 24.3 Å². The Morgan fingerprint density at radius 1 is 0.973 bits per heavy atom. The third kappa shape index (κ3) is 5.40. The average molecular weight is 512 g/mol. The summed E-state index contributed by atoms with van der Waals surface area (Å²) in [6, 6.07) is 6.58. The van der Waals surface area contributed by atoms with E-state index in [9.17, 15) is 19.2 Å².